The molecule has 0 fully saturated rings. The Morgan fingerprint density at radius 3 is 2.38 bits per heavy atom. The summed E-state index contributed by atoms with van der Waals surface area (Å²) in [6.45, 7) is 0. The Morgan fingerprint density at radius 1 is 1.31 bits per heavy atom. The van der Waals surface area contributed by atoms with Crippen molar-refractivity contribution in [3.63, 3.8) is 0 Å². The van der Waals surface area contributed by atoms with Crippen molar-refractivity contribution in [2.24, 2.45) is 0 Å². The van der Waals surface area contributed by atoms with E-state index in [9.17, 15) is 9.90 Å². The predicted octanol–water partition coefficient (Wildman–Crippen LogP) is 3.45. The van der Waals surface area contributed by atoms with Gasteiger partial charge in [0.1, 0.15) is 5.75 Å². The van der Waals surface area contributed by atoms with Crippen molar-refractivity contribution in [3.05, 3.63) is 29.8 Å². The number of ether oxygens (including phenoxy) is 1. The molecule has 0 spiro atoms. The summed E-state index contributed by atoms with van der Waals surface area (Å²) in [5.41, 5.74) is 0.294. The summed E-state index contributed by atoms with van der Waals surface area (Å²) >= 11 is 13.9. The number of hydrogen-bond donors (Lipinski definition) is 1. The third kappa shape index (κ3) is 3.80. The first-order valence-electron chi connectivity index (χ1n) is 3.93. The van der Waals surface area contributed by atoms with Crippen molar-refractivity contribution in [2.75, 3.05) is 0 Å². The van der Waals surface area contributed by atoms with Gasteiger partial charge in [-0.3, -0.25) is 0 Å². The molecule has 16 heavy (non-hydrogen) atoms. The van der Waals surface area contributed by atoms with Crippen LogP contribution in [0.1, 0.15) is 5.56 Å². The Labute approximate surface area is 123 Å². The van der Waals surface area contributed by atoms with Gasteiger partial charge in [-0.15, -0.1) is 0 Å². The Kier molecular flexibility index (Phi) is 4.90. The summed E-state index contributed by atoms with van der Waals surface area (Å²) in [7, 11) is 0. The molecule has 0 heterocycles. The molecule has 0 radical (unpaired) electrons. The van der Waals surface area contributed by atoms with E-state index in [0.29, 0.717) is 5.56 Å². The average Bonchev–Trinajstić information content (AvgIpc) is 2.16. The second-order valence-corrected chi connectivity index (χ2v) is 9.82. The van der Waals surface area contributed by atoms with E-state index in [4.69, 9.17) is 17.0 Å². The molecule has 7 heteroatoms. The molecule has 0 aromatic heterocycles. The molecule has 0 saturated carbocycles. The standard InChI is InChI=1S/C9H5Br3O3S/c10-9(11,12)8(14)15-7(16)5-3-1-2-4-6(5)13/h1-4,13H. The Bertz CT molecular complexity index is 428. The van der Waals surface area contributed by atoms with E-state index in [1.165, 1.54) is 6.07 Å². The maximum Gasteiger partial charge on any atom is 0.351 e. The van der Waals surface area contributed by atoms with Crippen LogP contribution in [0.2, 0.25) is 0 Å². The molecule has 0 aliphatic heterocycles. The number of esters is 1. The van der Waals surface area contributed by atoms with Crippen LogP contribution in [0.3, 0.4) is 0 Å². The molecule has 0 amide bonds. The number of alkyl halides is 3. The third-order valence-electron chi connectivity index (χ3n) is 1.54. The Balaban J connectivity index is 2.82. The summed E-state index contributed by atoms with van der Waals surface area (Å²) in [5, 5.41) is 9.39. The van der Waals surface area contributed by atoms with Crippen LogP contribution in [0.5, 0.6) is 5.75 Å². The Morgan fingerprint density at radius 2 is 1.88 bits per heavy atom. The lowest BCUT2D eigenvalue weighted by Gasteiger charge is -2.12. The highest BCUT2D eigenvalue weighted by Crippen LogP contribution is 2.35. The van der Waals surface area contributed by atoms with Gasteiger partial charge in [-0.1, -0.05) is 12.1 Å². The van der Waals surface area contributed by atoms with E-state index < -0.39 is 8.11 Å². The van der Waals surface area contributed by atoms with Crippen LogP contribution in [0.4, 0.5) is 0 Å². The van der Waals surface area contributed by atoms with Gasteiger partial charge in [0.2, 0.25) is 7.19 Å². The first-order valence-corrected chi connectivity index (χ1v) is 6.72. The molecule has 0 atom stereocenters. The van der Waals surface area contributed by atoms with Gasteiger partial charge in [-0.2, -0.15) is 0 Å². The van der Waals surface area contributed by atoms with E-state index in [0.717, 1.165) is 0 Å². The van der Waals surface area contributed by atoms with Crippen molar-refractivity contribution < 1.29 is 14.6 Å². The lowest BCUT2D eigenvalue weighted by molar-refractivity contribution is -0.133. The van der Waals surface area contributed by atoms with Gasteiger partial charge in [0.25, 0.3) is 0 Å². The smallest absolute Gasteiger partial charge is 0.351 e. The first kappa shape index (κ1) is 14.1. The van der Waals surface area contributed by atoms with Gasteiger partial charge in [0.05, 0.1) is 5.56 Å². The fraction of sp³-hybridized carbons (Fsp3) is 0.111. The lowest BCUT2D eigenvalue weighted by Crippen LogP contribution is -2.23. The molecule has 0 unspecified atom stereocenters. The molecular weight excluding hydrogens is 428 g/mol. The molecule has 0 bridgehead atoms. The van der Waals surface area contributed by atoms with E-state index in [1.54, 1.807) is 18.2 Å². The molecule has 86 valence electrons. The maximum absolute atomic E-state index is 11.4. The minimum Gasteiger partial charge on any atom is -0.507 e. The zero-order chi connectivity index (χ0) is 12.3. The van der Waals surface area contributed by atoms with Crippen LogP contribution in [-0.2, 0) is 9.53 Å². The maximum atomic E-state index is 11.4. The van der Waals surface area contributed by atoms with Crippen LogP contribution in [0, 0.1) is 0 Å². The highest BCUT2D eigenvalue weighted by molar-refractivity contribution is 9.40. The van der Waals surface area contributed by atoms with Gasteiger partial charge in [-0.25, -0.2) is 4.79 Å². The van der Waals surface area contributed by atoms with Crippen LogP contribution in [0.15, 0.2) is 24.3 Å². The molecule has 0 aliphatic rings. The number of carbonyl (C=O) groups excluding carboxylic acids is 1. The second-order valence-electron chi connectivity index (χ2n) is 2.69. The highest BCUT2D eigenvalue weighted by atomic mass is 80.0. The van der Waals surface area contributed by atoms with Crippen LogP contribution in [0.25, 0.3) is 0 Å². The zero-order valence-corrected chi connectivity index (χ0v) is 13.2. The molecule has 1 aromatic carbocycles. The average molecular weight is 433 g/mol. The summed E-state index contributed by atoms with van der Waals surface area (Å²) in [5.74, 6) is -0.703. The first-order chi connectivity index (χ1) is 7.32. The summed E-state index contributed by atoms with van der Waals surface area (Å²) in [6.07, 6.45) is 0. The zero-order valence-electron chi connectivity index (χ0n) is 7.62. The quantitative estimate of drug-likeness (QED) is 0.419. The monoisotopic (exact) mass is 430 g/mol. The van der Waals surface area contributed by atoms with Crippen LogP contribution in [-0.4, -0.2) is 18.3 Å². The molecule has 3 nitrogen and oxygen atoms in total. The largest absolute Gasteiger partial charge is 0.507 e. The van der Waals surface area contributed by atoms with Crippen LogP contribution >= 0.6 is 60.0 Å². The highest BCUT2D eigenvalue weighted by Gasteiger charge is 2.32. The van der Waals surface area contributed by atoms with E-state index in [1.807, 2.05) is 0 Å². The van der Waals surface area contributed by atoms with Gasteiger partial charge in [-0.05, 0) is 72.1 Å². The number of aromatic hydroxyl groups is 1. The number of carbonyl (C=O) groups is 1. The van der Waals surface area contributed by atoms with Crippen molar-refractivity contribution in [2.45, 2.75) is 2.14 Å². The number of para-hydroxylation sites is 1. The van der Waals surface area contributed by atoms with E-state index in [2.05, 4.69) is 47.8 Å². The number of phenolic OH excluding ortho intramolecular Hbond substituents is 1. The molecule has 1 aromatic rings. The van der Waals surface area contributed by atoms with E-state index in [-0.39, 0.29) is 10.8 Å². The molecule has 1 N–H and O–H groups in total. The number of phenols is 1. The van der Waals surface area contributed by atoms with Crippen molar-refractivity contribution in [1.82, 2.24) is 0 Å². The number of benzene rings is 1. The predicted molar refractivity (Wildman–Crippen MR) is 75.4 cm³/mol. The molecule has 0 saturated heterocycles. The minimum absolute atomic E-state index is 0.0374. The van der Waals surface area contributed by atoms with Crippen molar-refractivity contribution in [3.8, 4) is 5.75 Å². The minimum atomic E-state index is -1.18. The number of thiocarbonyl (C=S) groups is 1. The summed E-state index contributed by atoms with van der Waals surface area (Å²) in [4.78, 5) is 11.4. The van der Waals surface area contributed by atoms with Crippen molar-refractivity contribution in [1.29, 1.82) is 0 Å². The van der Waals surface area contributed by atoms with Crippen molar-refractivity contribution >= 4 is 71.0 Å². The van der Waals surface area contributed by atoms with E-state index >= 15 is 0 Å². The van der Waals surface area contributed by atoms with Gasteiger partial charge < -0.3 is 9.84 Å². The third-order valence-corrected chi connectivity index (χ3v) is 2.82. The molecule has 1 rings (SSSR count). The fourth-order valence-corrected chi connectivity index (χ4v) is 1.33. The molecule has 0 aliphatic carbocycles. The number of halogens is 3. The topological polar surface area (TPSA) is 46.5 Å². The second kappa shape index (κ2) is 5.57. The molecular formula is C9H5Br3O3S. The van der Waals surface area contributed by atoms with Crippen LogP contribution < -0.4 is 0 Å². The summed E-state index contributed by atoms with van der Waals surface area (Å²) in [6, 6.07) is 6.34. The fourth-order valence-electron chi connectivity index (χ4n) is 0.843. The normalized spacial score (nSPS) is 10.9. The summed E-state index contributed by atoms with van der Waals surface area (Å²) < 4.78 is 3.69. The van der Waals surface area contributed by atoms with Gasteiger partial charge in [0, 0.05) is 0 Å². The SMILES string of the molecule is O=C(OC(=S)c1ccccc1O)C(Br)(Br)Br. The number of hydrogen-bond acceptors (Lipinski definition) is 4. The number of rotatable bonds is 1. The Hall–Kier alpha value is 0.0200. The van der Waals surface area contributed by atoms with Gasteiger partial charge >= 0.3 is 5.97 Å². The lowest BCUT2D eigenvalue weighted by atomic mass is 10.2. The van der Waals surface area contributed by atoms with Gasteiger partial charge in [0.15, 0.2) is 0 Å².